The van der Waals surface area contributed by atoms with Gasteiger partial charge in [0.15, 0.2) is 0 Å². The molecule has 0 fully saturated rings. The summed E-state index contributed by atoms with van der Waals surface area (Å²) in [6, 6.07) is 17.9. The Hall–Kier alpha value is -2.41. The summed E-state index contributed by atoms with van der Waals surface area (Å²) in [5.74, 6) is -1.40. The third-order valence-electron chi connectivity index (χ3n) is 3.49. The average Bonchev–Trinajstić information content (AvgIpc) is 2.55. The van der Waals surface area contributed by atoms with Crippen LogP contribution in [0, 0.1) is 3.57 Å². The summed E-state index contributed by atoms with van der Waals surface area (Å²) in [7, 11) is 0. The predicted octanol–water partition coefficient (Wildman–Crippen LogP) is 4.39. The molecule has 4 nitrogen and oxygen atoms in total. The molecule has 0 unspecified atom stereocenters. The Morgan fingerprint density at radius 1 is 0.913 bits per heavy atom. The van der Waals surface area contributed by atoms with Gasteiger partial charge in [0.2, 0.25) is 0 Å². The lowest BCUT2D eigenvalue weighted by Crippen LogP contribution is -2.15. The SMILES string of the molecule is O=C(O)c1cc(I)ccc1NC(=O)c1cccc2ccccc12. The van der Waals surface area contributed by atoms with E-state index in [0.717, 1.165) is 14.3 Å². The highest BCUT2D eigenvalue weighted by Gasteiger charge is 2.15. The first-order valence-corrected chi connectivity index (χ1v) is 7.96. The van der Waals surface area contributed by atoms with Gasteiger partial charge in [0.25, 0.3) is 5.91 Å². The smallest absolute Gasteiger partial charge is 0.337 e. The molecule has 0 bridgehead atoms. The fourth-order valence-electron chi connectivity index (χ4n) is 2.42. The normalized spacial score (nSPS) is 10.5. The lowest BCUT2D eigenvalue weighted by Gasteiger charge is -2.10. The van der Waals surface area contributed by atoms with Crippen LogP contribution in [0.5, 0.6) is 0 Å². The van der Waals surface area contributed by atoms with Gasteiger partial charge < -0.3 is 10.4 Å². The quantitative estimate of drug-likeness (QED) is 0.622. The fourth-order valence-corrected chi connectivity index (χ4v) is 2.91. The molecule has 0 radical (unpaired) electrons. The van der Waals surface area contributed by atoms with E-state index in [1.807, 2.05) is 59.0 Å². The van der Waals surface area contributed by atoms with Crippen LogP contribution in [0.4, 0.5) is 5.69 Å². The van der Waals surface area contributed by atoms with Crippen molar-refractivity contribution < 1.29 is 14.7 Å². The van der Waals surface area contributed by atoms with Crippen molar-refractivity contribution in [1.82, 2.24) is 0 Å². The van der Waals surface area contributed by atoms with Gasteiger partial charge in [0.1, 0.15) is 0 Å². The maximum absolute atomic E-state index is 12.6. The van der Waals surface area contributed by atoms with Crippen LogP contribution in [0.15, 0.2) is 60.7 Å². The number of nitrogens with one attached hydrogen (secondary N) is 1. The Morgan fingerprint density at radius 3 is 2.43 bits per heavy atom. The number of hydrogen-bond acceptors (Lipinski definition) is 2. The summed E-state index contributed by atoms with van der Waals surface area (Å²) in [5.41, 5.74) is 0.874. The molecule has 2 N–H and O–H groups in total. The van der Waals surface area contributed by atoms with Crippen LogP contribution in [0.3, 0.4) is 0 Å². The molecule has 0 saturated heterocycles. The van der Waals surface area contributed by atoms with E-state index in [1.165, 1.54) is 6.07 Å². The molecule has 0 aromatic heterocycles. The first kappa shape index (κ1) is 15.5. The summed E-state index contributed by atoms with van der Waals surface area (Å²) in [4.78, 5) is 23.9. The number of anilines is 1. The number of carboxylic acids is 1. The molecule has 3 rings (SSSR count). The molecule has 0 aliphatic heterocycles. The number of carboxylic acid groups (broad SMARTS) is 1. The molecule has 0 aliphatic rings. The maximum Gasteiger partial charge on any atom is 0.337 e. The first-order chi connectivity index (χ1) is 11.1. The van der Waals surface area contributed by atoms with Gasteiger partial charge in [-0.05, 0) is 57.6 Å². The molecule has 0 heterocycles. The number of rotatable bonds is 3. The van der Waals surface area contributed by atoms with Gasteiger partial charge in [-0.25, -0.2) is 4.79 Å². The van der Waals surface area contributed by atoms with Gasteiger partial charge >= 0.3 is 5.97 Å². The third-order valence-corrected chi connectivity index (χ3v) is 4.17. The van der Waals surface area contributed by atoms with Gasteiger partial charge in [-0.3, -0.25) is 4.79 Å². The van der Waals surface area contributed by atoms with Crippen LogP contribution in [-0.4, -0.2) is 17.0 Å². The van der Waals surface area contributed by atoms with E-state index in [4.69, 9.17) is 0 Å². The summed E-state index contributed by atoms with van der Waals surface area (Å²) in [5, 5.41) is 13.8. The monoisotopic (exact) mass is 417 g/mol. The topological polar surface area (TPSA) is 66.4 Å². The van der Waals surface area contributed by atoms with Crippen molar-refractivity contribution in [3.63, 3.8) is 0 Å². The van der Waals surface area contributed by atoms with E-state index in [9.17, 15) is 14.7 Å². The average molecular weight is 417 g/mol. The van der Waals surface area contributed by atoms with Crippen molar-refractivity contribution in [2.75, 3.05) is 5.32 Å². The largest absolute Gasteiger partial charge is 0.478 e. The Bertz CT molecular complexity index is 916. The van der Waals surface area contributed by atoms with Gasteiger partial charge in [-0.1, -0.05) is 36.4 Å². The number of halogens is 1. The van der Waals surface area contributed by atoms with Gasteiger partial charge in [0, 0.05) is 9.13 Å². The van der Waals surface area contributed by atoms with Crippen LogP contribution in [0.25, 0.3) is 10.8 Å². The maximum atomic E-state index is 12.6. The Kier molecular flexibility index (Phi) is 4.29. The number of carbonyl (C=O) groups excluding carboxylic acids is 1. The zero-order valence-electron chi connectivity index (χ0n) is 11.9. The number of carbonyl (C=O) groups is 2. The second kappa shape index (κ2) is 6.37. The Labute approximate surface area is 146 Å². The molecule has 3 aromatic carbocycles. The van der Waals surface area contributed by atoms with Crippen LogP contribution < -0.4 is 5.32 Å². The number of hydrogen-bond donors (Lipinski definition) is 2. The molecular weight excluding hydrogens is 405 g/mol. The van der Waals surface area contributed by atoms with Crippen molar-refractivity contribution in [2.24, 2.45) is 0 Å². The predicted molar refractivity (Wildman–Crippen MR) is 98.0 cm³/mol. The molecule has 0 aliphatic carbocycles. The summed E-state index contributed by atoms with van der Waals surface area (Å²) >= 11 is 2.04. The number of amides is 1. The first-order valence-electron chi connectivity index (χ1n) is 6.88. The van der Waals surface area contributed by atoms with E-state index >= 15 is 0 Å². The summed E-state index contributed by atoms with van der Waals surface area (Å²) < 4.78 is 0.795. The fraction of sp³-hybridized carbons (Fsp3) is 0. The molecule has 3 aromatic rings. The standard InChI is InChI=1S/C18H12INO3/c19-12-8-9-16(15(10-12)18(22)23)20-17(21)14-7-3-5-11-4-1-2-6-13(11)14/h1-10H,(H,20,21)(H,22,23). The van der Waals surface area contributed by atoms with Crippen molar-refractivity contribution in [1.29, 1.82) is 0 Å². The molecule has 0 saturated carbocycles. The van der Waals surface area contributed by atoms with E-state index in [2.05, 4.69) is 5.32 Å². The van der Waals surface area contributed by atoms with Crippen molar-refractivity contribution in [2.45, 2.75) is 0 Å². The minimum atomic E-state index is -1.07. The van der Waals surface area contributed by atoms with E-state index in [0.29, 0.717) is 5.56 Å². The zero-order valence-corrected chi connectivity index (χ0v) is 14.1. The van der Waals surface area contributed by atoms with E-state index < -0.39 is 5.97 Å². The molecule has 0 atom stereocenters. The molecule has 23 heavy (non-hydrogen) atoms. The summed E-state index contributed by atoms with van der Waals surface area (Å²) in [6.45, 7) is 0. The van der Waals surface area contributed by atoms with E-state index in [-0.39, 0.29) is 17.2 Å². The Morgan fingerprint density at radius 2 is 1.65 bits per heavy atom. The minimum Gasteiger partial charge on any atom is -0.478 e. The zero-order chi connectivity index (χ0) is 16.4. The van der Waals surface area contributed by atoms with Gasteiger partial charge in [-0.2, -0.15) is 0 Å². The molecule has 5 heteroatoms. The highest BCUT2D eigenvalue weighted by molar-refractivity contribution is 14.1. The highest BCUT2D eigenvalue weighted by atomic mass is 127. The van der Waals surface area contributed by atoms with Gasteiger partial charge in [0.05, 0.1) is 11.3 Å². The lowest BCUT2D eigenvalue weighted by atomic mass is 10.0. The highest BCUT2D eigenvalue weighted by Crippen LogP contribution is 2.23. The third kappa shape index (κ3) is 3.19. The molecular formula is C18H12INO3. The molecule has 0 spiro atoms. The second-order valence-corrected chi connectivity index (χ2v) is 6.22. The summed E-state index contributed by atoms with van der Waals surface area (Å²) in [6.07, 6.45) is 0. The van der Waals surface area contributed by atoms with Crippen LogP contribution >= 0.6 is 22.6 Å². The van der Waals surface area contributed by atoms with Crippen molar-refractivity contribution in [3.8, 4) is 0 Å². The number of fused-ring (bicyclic) bond motifs is 1. The molecule has 114 valence electrons. The van der Waals surface area contributed by atoms with Crippen LogP contribution in [-0.2, 0) is 0 Å². The Balaban J connectivity index is 2.00. The second-order valence-electron chi connectivity index (χ2n) is 4.98. The van der Waals surface area contributed by atoms with Crippen LogP contribution in [0.2, 0.25) is 0 Å². The minimum absolute atomic E-state index is 0.0745. The van der Waals surface area contributed by atoms with Crippen molar-refractivity contribution in [3.05, 3.63) is 75.4 Å². The molecule has 1 amide bonds. The van der Waals surface area contributed by atoms with E-state index in [1.54, 1.807) is 18.2 Å². The van der Waals surface area contributed by atoms with Crippen LogP contribution in [0.1, 0.15) is 20.7 Å². The number of benzene rings is 3. The van der Waals surface area contributed by atoms with Crippen molar-refractivity contribution >= 4 is 50.9 Å². The van der Waals surface area contributed by atoms with Gasteiger partial charge in [-0.15, -0.1) is 0 Å². The lowest BCUT2D eigenvalue weighted by molar-refractivity contribution is 0.0698. The number of aromatic carboxylic acids is 1.